The number of nitrogens with zero attached hydrogens (tertiary/aromatic N) is 2. The number of hydrogen-bond donors (Lipinski definition) is 2. The minimum absolute atomic E-state index is 0.563. The fourth-order valence-electron chi connectivity index (χ4n) is 3.96. The van der Waals surface area contributed by atoms with Crippen LogP contribution in [0.25, 0.3) is 44.2 Å². The summed E-state index contributed by atoms with van der Waals surface area (Å²) in [6.45, 7) is 0. The van der Waals surface area contributed by atoms with Crippen molar-refractivity contribution < 1.29 is 0 Å². The Kier molecular flexibility index (Phi) is 5.74. The molecule has 0 aliphatic carbocycles. The van der Waals surface area contributed by atoms with Gasteiger partial charge >= 0.3 is 0 Å². The number of nitrogens with one attached hydrogen (secondary N) is 1. The second-order valence-corrected chi connectivity index (χ2v) is 9.12. The fourth-order valence-corrected chi connectivity index (χ4v) is 4.78. The van der Waals surface area contributed by atoms with Gasteiger partial charge in [0, 0.05) is 20.9 Å². The van der Waals surface area contributed by atoms with Crippen molar-refractivity contribution in [3.05, 3.63) is 78.9 Å². The van der Waals surface area contributed by atoms with E-state index in [1.807, 2.05) is 6.07 Å². The maximum Gasteiger partial charge on any atom is 0.167 e. The monoisotopic (exact) mass is 454 g/mol. The van der Waals surface area contributed by atoms with E-state index in [1.54, 1.807) is 23.5 Å². The quantitative estimate of drug-likeness (QED) is 0.131. The molecule has 158 valence electrons. The summed E-state index contributed by atoms with van der Waals surface area (Å²) >= 11 is 3.45. The molecule has 32 heavy (non-hydrogen) atoms. The van der Waals surface area contributed by atoms with Crippen molar-refractivity contribution in [1.29, 1.82) is 0 Å². The number of thioether (sulfide) groups is 2. The number of nitrogen functional groups attached to an aromatic ring is 1. The number of aromatic nitrogens is 2. The summed E-state index contributed by atoms with van der Waals surface area (Å²) in [7, 11) is 0. The molecule has 1 heterocycles. The lowest BCUT2D eigenvalue weighted by Gasteiger charge is -2.15. The number of hydrazine groups is 1. The topological polar surface area (TPSA) is 63.8 Å². The van der Waals surface area contributed by atoms with Gasteiger partial charge in [-0.25, -0.2) is 15.8 Å². The first-order chi connectivity index (χ1) is 15.7. The van der Waals surface area contributed by atoms with Crippen molar-refractivity contribution in [2.24, 2.45) is 5.84 Å². The van der Waals surface area contributed by atoms with E-state index in [1.165, 1.54) is 9.79 Å². The molecule has 1 aromatic heterocycles. The third kappa shape index (κ3) is 3.71. The number of fused-ring (bicyclic) bond motifs is 2. The first-order valence-electron chi connectivity index (χ1n) is 10.2. The lowest BCUT2D eigenvalue weighted by molar-refractivity contribution is 1.22. The van der Waals surface area contributed by atoms with Crippen molar-refractivity contribution >= 4 is 51.1 Å². The highest BCUT2D eigenvalue weighted by Crippen LogP contribution is 2.38. The Balaban J connectivity index is 1.83. The van der Waals surface area contributed by atoms with Crippen LogP contribution >= 0.6 is 23.5 Å². The van der Waals surface area contributed by atoms with Gasteiger partial charge in [-0.1, -0.05) is 48.5 Å². The summed E-state index contributed by atoms with van der Waals surface area (Å²) in [5, 5.41) is 2.28. The predicted octanol–water partition coefficient (Wildman–Crippen LogP) is 6.85. The maximum atomic E-state index is 5.87. The number of benzene rings is 4. The molecular weight excluding hydrogens is 432 g/mol. The van der Waals surface area contributed by atoms with Crippen LogP contribution in [-0.4, -0.2) is 22.5 Å². The van der Waals surface area contributed by atoms with Gasteiger partial charge in [-0.3, -0.25) is 0 Å². The molecule has 0 aliphatic rings. The van der Waals surface area contributed by atoms with Crippen LogP contribution in [0.5, 0.6) is 0 Å². The van der Waals surface area contributed by atoms with E-state index in [0.717, 1.165) is 44.2 Å². The summed E-state index contributed by atoms with van der Waals surface area (Å²) < 4.78 is 0. The van der Waals surface area contributed by atoms with Crippen LogP contribution in [-0.2, 0) is 0 Å². The van der Waals surface area contributed by atoms with Crippen molar-refractivity contribution in [2.75, 3.05) is 17.9 Å². The maximum absolute atomic E-state index is 5.87. The second kappa shape index (κ2) is 8.82. The largest absolute Gasteiger partial charge is 0.307 e. The van der Waals surface area contributed by atoms with Gasteiger partial charge in [0.25, 0.3) is 0 Å². The summed E-state index contributed by atoms with van der Waals surface area (Å²) in [6.07, 6.45) is 4.15. The Morgan fingerprint density at radius 2 is 1.38 bits per heavy atom. The van der Waals surface area contributed by atoms with Crippen LogP contribution in [0.2, 0.25) is 0 Å². The Bertz CT molecular complexity index is 1410. The van der Waals surface area contributed by atoms with Gasteiger partial charge in [-0.05, 0) is 59.2 Å². The van der Waals surface area contributed by atoms with Crippen molar-refractivity contribution in [3.8, 4) is 22.4 Å². The molecule has 0 unspecified atom stereocenters. The van der Waals surface area contributed by atoms with Crippen LogP contribution in [0.1, 0.15) is 0 Å². The molecular formula is C26H22N4S2. The van der Waals surface area contributed by atoms with Gasteiger partial charge in [-0.15, -0.1) is 23.5 Å². The Morgan fingerprint density at radius 3 is 2.00 bits per heavy atom. The van der Waals surface area contributed by atoms with Crippen LogP contribution < -0.4 is 11.3 Å². The second-order valence-electron chi connectivity index (χ2n) is 7.36. The molecule has 3 N–H and O–H groups in total. The highest BCUT2D eigenvalue weighted by molar-refractivity contribution is 7.98. The van der Waals surface area contributed by atoms with E-state index in [0.29, 0.717) is 5.82 Å². The number of nitrogens with two attached hydrogens (primary N) is 1. The summed E-state index contributed by atoms with van der Waals surface area (Å²) in [5.41, 5.74) is 8.35. The van der Waals surface area contributed by atoms with E-state index < -0.39 is 0 Å². The Morgan fingerprint density at radius 1 is 0.750 bits per heavy atom. The van der Waals surface area contributed by atoms with E-state index in [-0.39, 0.29) is 0 Å². The molecule has 0 radical (unpaired) electrons. The van der Waals surface area contributed by atoms with Gasteiger partial charge in [0.1, 0.15) is 5.69 Å². The highest BCUT2D eigenvalue weighted by atomic mass is 32.2. The summed E-state index contributed by atoms with van der Waals surface area (Å²) in [4.78, 5) is 12.4. The molecule has 4 nitrogen and oxygen atoms in total. The standard InChI is InChI=1S/C26H22N4S2/c1-31-19-11-7-16(8-12-19)23-21-6-4-3-5-18(21)15-22-25(23)29-24(26(28-22)30-27)17-9-13-20(32-2)14-10-17/h3-15H,27H2,1-2H3,(H,28,30). The van der Waals surface area contributed by atoms with Crippen molar-refractivity contribution in [2.45, 2.75) is 9.79 Å². The smallest absolute Gasteiger partial charge is 0.167 e. The Labute approximate surface area is 195 Å². The fraction of sp³-hybridized carbons (Fsp3) is 0.0769. The molecule has 0 spiro atoms. The van der Waals surface area contributed by atoms with Crippen LogP contribution in [0, 0.1) is 0 Å². The molecule has 5 rings (SSSR count). The predicted molar refractivity (Wildman–Crippen MR) is 139 cm³/mol. The molecule has 0 saturated carbocycles. The minimum Gasteiger partial charge on any atom is -0.307 e. The normalized spacial score (nSPS) is 11.2. The molecule has 4 aromatic carbocycles. The number of rotatable bonds is 5. The zero-order chi connectivity index (χ0) is 22.1. The zero-order valence-electron chi connectivity index (χ0n) is 17.8. The lowest BCUT2D eigenvalue weighted by Crippen LogP contribution is -2.11. The van der Waals surface area contributed by atoms with E-state index in [2.05, 4.69) is 90.7 Å². The van der Waals surface area contributed by atoms with Gasteiger partial charge in [0.05, 0.1) is 11.0 Å². The minimum atomic E-state index is 0.563. The molecule has 0 atom stereocenters. The molecule has 0 saturated heterocycles. The van der Waals surface area contributed by atoms with Crippen molar-refractivity contribution in [1.82, 2.24) is 9.97 Å². The number of hydrogen-bond acceptors (Lipinski definition) is 6. The van der Waals surface area contributed by atoms with E-state index in [9.17, 15) is 0 Å². The SMILES string of the molecule is CSc1ccc(-c2nc3c(-c4ccc(SC)cc4)c4ccccc4cc3nc2NN)cc1. The van der Waals surface area contributed by atoms with E-state index in [4.69, 9.17) is 15.8 Å². The summed E-state index contributed by atoms with van der Waals surface area (Å²) in [5.74, 6) is 6.43. The first-order valence-corrected chi connectivity index (χ1v) is 12.7. The molecule has 0 amide bonds. The molecule has 0 aliphatic heterocycles. The lowest BCUT2D eigenvalue weighted by atomic mass is 9.96. The first kappa shape index (κ1) is 20.8. The van der Waals surface area contributed by atoms with Crippen LogP contribution in [0.4, 0.5) is 5.82 Å². The third-order valence-corrected chi connectivity index (χ3v) is 7.05. The third-order valence-electron chi connectivity index (χ3n) is 5.56. The number of anilines is 1. The van der Waals surface area contributed by atoms with Gasteiger partial charge in [-0.2, -0.15) is 0 Å². The van der Waals surface area contributed by atoms with Crippen LogP contribution in [0.3, 0.4) is 0 Å². The van der Waals surface area contributed by atoms with Crippen LogP contribution in [0.15, 0.2) is 88.7 Å². The van der Waals surface area contributed by atoms with Crippen molar-refractivity contribution in [3.63, 3.8) is 0 Å². The Hall–Kier alpha value is -3.06. The van der Waals surface area contributed by atoms with Gasteiger partial charge in [0.15, 0.2) is 5.82 Å². The van der Waals surface area contributed by atoms with Gasteiger partial charge in [0.2, 0.25) is 0 Å². The summed E-state index contributed by atoms with van der Waals surface area (Å²) in [6, 6.07) is 27.4. The average molecular weight is 455 g/mol. The van der Waals surface area contributed by atoms with E-state index >= 15 is 0 Å². The highest BCUT2D eigenvalue weighted by Gasteiger charge is 2.17. The van der Waals surface area contributed by atoms with Gasteiger partial charge < -0.3 is 5.43 Å². The molecule has 5 aromatic rings. The average Bonchev–Trinajstić information content (AvgIpc) is 2.86. The molecule has 0 bridgehead atoms. The molecule has 6 heteroatoms. The molecule has 0 fully saturated rings. The zero-order valence-corrected chi connectivity index (χ0v) is 19.4.